The molecule has 0 saturated carbocycles. The Bertz CT molecular complexity index is 683. The molecule has 2 aromatic rings. The minimum absolute atomic E-state index is 0.136. The third-order valence-corrected chi connectivity index (χ3v) is 4.28. The minimum Gasteiger partial charge on any atom is -0.497 e. The summed E-state index contributed by atoms with van der Waals surface area (Å²) < 4.78 is 22.7. The van der Waals surface area contributed by atoms with Crippen LogP contribution in [-0.4, -0.2) is 37.1 Å². The summed E-state index contributed by atoms with van der Waals surface area (Å²) in [5, 5.41) is 9.62. The molecule has 1 aliphatic rings. The normalized spacial score (nSPS) is 22.0. The maximum atomic E-state index is 9.62. The highest BCUT2D eigenvalue weighted by molar-refractivity contribution is 5.26. The Morgan fingerprint density at radius 1 is 0.923 bits per heavy atom. The molecule has 0 saturated heterocycles. The van der Waals surface area contributed by atoms with Crippen molar-refractivity contribution in [1.82, 2.24) is 0 Å². The van der Waals surface area contributed by atoms with Gasteiger partial charge >= 0.3 is 0 Å². The van der Waals surface area contributed by atoms with Gasteiger partial charge in [0, 0.05) is 0 Å². The zero-order valence-corrected chi connectivity index (χ0v) is 14.8. The van der Waals surface area contributed by atoms with Crippen LogP contribution in [-0.2, 0) is 27.4 Å². The first-order valence-corrected chi connectivity index (χ1v) is 8.63. The molecule has 26 heavy (non-hydrogen) atoms. The van der Waals surface area contributed by atoms with Crippen LogP contribution < -0.4 is 4.74 Å². The van der Waals surface area contributed by atoms with E-state index >= 15 is 0 Å². The van der Waals surface area contributed by atoms with E-state index in [1.54, 1.807) is 13.4 Å². The molecule has 0 radical (unpaired) electrons. The van der Waals surface area contributed by atoms with Gasteiger partial charge in [0.15, 0.2) is 0 Å². The molecule has 0 aliphatic carbocycles. The summed E-state index contributed by atoms with van der Waals surface area (Å²) in [4.78, 5) is 0. The highest BCUT2D eigenvalue weighted by atomic mass is 16.6. The van der Waals surface area contributed by atoms with Crippen molar-refractivity contribution in [2.45, 2.75) is 31.5 Å². The van der Waals surface area contributed by atoms with Crippen molar-refractivity contribution in [1.29, 1.82) is 0 Å². The van der Waals surface area contributed by atoms with Crippen LogP contribution >= 0.6 is 0 Å². The van der Waals surface area contributed by atoms with Gasteiger partial charge in [0.25, 0.3) is 0 Å². The fraction of sp³-hybridized carbons (Fsp3) is 0.333. The zero-order chi connectivity index (χ0) is 18.2. The van der Waals surface area contributed by atoms with E-state index in [4.69, 9.17) is 18.9 Å². The lowest BCUT2D eigenvalue weighted by molar-refractivity contribution is -0.140. The van der Waals surface area contributed by atoms with Crippen molar-refractivity contribution in [2.24, 2.45) is 0 Å². The van der Waals surface area contributed by atoms with E-state index in [9.17, 15) is 5.11 Å². The van der Waals surface area contributed by atoms with Crippen molar-refractivity contribution in [3.05, 3.63) is 78.1 Å². The van der Waals surface area contributed by atoms with Crippen LogP contribution in [0.3, 0.4) is 0 Å². The molecule has 3 unspecified atom stereocenters. The van der Waals surface area contributed by atoms with Gasteiger partial charge in [0.2, 0.25) is 0 Å². The number of benzene rings is 2. The Balaban J connectivity index is 1.62. The fourth-order valence-electron chi connectivity index (χ4n) is 2.80. The van der Waals surface area contributed by atoms with E-state index in [2.05, 4.69) is 0 Å². The number of rotatable bonds is 8. The first-order chi connectivity index (χ1) is 12.8. The molecule has 0 bridgehead atoms. The second kappa shape index (κ2) is 9.38. The molecule has 0 aromatic heterocycles. The Labute approximate surface area is 153 Å². The maximum absolute atomic E-state index is 9.62. The first-order valence-electron chi connectivity index (χ1n) is 8.63. The predicted molar refractivity (Wildman–Crippen MR) is 97.7 cm³/mol. The lowest BCUT2D eigenvalue weighted by atomic mass is 10.1. The van der Waals surface area contributed by atoms with Crippen molar-refractivity contribution >= 4 is 0 Å². The summed E-state index contributed by atoms with van der Waals surface area (Å²) in [6.07, 6.45) is 2.26. The number of aliphatic hydroxyl groups is 1. The van der Waals surface area contributed by atoms with E-state index in [0.717, 1.165) is 16.9 Å². The lowest BCUT2D eigenvalue weighted by Gasteiger charge is -2.33. The van der Waals surface area contributed by atoms with Gasteiger partial charge in [-0.3, -0.25) is 0 Å². The van der Waals surface area contributed by atoms with Gasteiger partial charge < -0.3 is 24.1 Å². The zero-order valence-electron chi connectivity index (χ0n) is 14.8. The summed E-state index contributed by atoms with van der Waals surface area (Å²) >= 11 is 0. The van der Waals surface area contributed by atoms with Crippen molar-refractivity contribution in [3.8, 4) is 5.75 Å². The van der Waals surface area contributed by atoms with E-state index in [0.29, 0.717) is 13.2 Å². The van der Waals surface area contributed by atoms with E-state index in [1.807, 2.05) is 60.7 Å². The van der Waals surface area contributed by atoms with Crippen molar-refractivity contribution in [3.63, 3.8) is 0 Å². The Hall–Kier alpha value is -2.34. The van der Waals surface area contributed by atoms with E-state index in [1.165, 1.54) is 0 Å². The predicted octanol–water partition coefficient (Wildman–Crippen LogP) is 3.07. The first kappa shape index (κ1) is 18.5. The molecule has 138 valence electrons. The monoisotopic (exact) mass is 356 g/mol. The molecule has 5 nitrogen and oxygen atoms in total. The van der Waals surface area contributed by atoms with Gasteiger partial charge in [-0.2, -0.15) is 0 Å². The fourth-order valence-corrected chi connectivity index (χ4v) is 2.80. The minimum atomic E-state index is -0.459. The van der Waals surface area contributed by atoms with Crippen LogP contribution in [0.1, 0.15) is 11.1 Å². The second-order valence-electron chi connectivity index (χ2n) is 6.07. The van der Waals surface area contributed by atoms with Crippen LogP contribution in [0, 0.1) is 0 Å². The largest absolute Gasteiger partial charge is 0.497 e. The topological polar surface area (TPSA) is 57.2 Å². The SMILES string of the molecule is COc1ccc(COC2C(OCc3ccccc3)C=COC2CO)cc1. The summed E-state index contributed by atoms with van der Waals surface area (Å²) in [6, 6.07) is 17.6. The van der Waals surface area contributed by atoms with Gasteiger partial charge in [-0.1, -0.05) is 42.5 Å². The van der Waals surface area contributed by atoms with Gasteiger partial charge in [0.1, 0.15) is 24.1 Å². The average molecular weight is 356 g/mol. The summed E-state index contributed by atoms with van der Waals surface area (Å²) in [7, 11) is 1.64. The Morgan fingerprint density at radius 2 is 1.62 bits per heavy atom. The van der Waals surface area contributed by atoms with Gasteiger partial charge in [-0.25, -0.2) is 0 Å². The van der Waals surface area contributed by atoms with Crippen molar-refractivity contribution in [2.75, 3.05) is 13.7 Å². The number of hydrogen-bond donors (Lipinski definition) is 1. The third-order valence-electron chi connectivity index (χ3n) is 4.28. The Kier molecular flexibility index (Phi) is 6.66. The van der Waals surface area contributed by atoms with Crippen LogP contribution in [0.2, 0.25) is 0 Å². The number of ether oxygens (including phenoxy) is 4. The molecule has 2 aromatic carbocycles. The molecule has 1 N–H and O–H groups in total. The molecular formula is C21H24O5. The van der Waals surface area contributed by atoms with Crippen LogP contribution in [0.5, 0.6) is 5.75 Å². The van der Waals surface area contributed by atoms with Crippen LogP contribution in [0.25, 0.3) is 0 Å². The quantitative estimate of drug-likeness (QED) is 0.788. The molecule has 3 atom stereocenters. The summed E-state index contributed by atoms with van der Waals surface area (Å²) in [5.41, 5.74) is 2.10. The number of aliphatic hydroxyl groups excluding tert-OH is 1. The molecule has 1 heterocycles. The van der Waals surface area contributed by atoms with Gasteiger partial charge in [-0.05, 0) is 29.3 Å². The van der Waals surface area contributed by atoms with Gasteiger partial charge in [0.05, 0.1) is 33.2 Å². The molecule has 3 rings (SSSR count). The molecule has 0 amide bonds. The third kappa shape index (κ3) is 4.85. The van der Waals surface area contributed by atoms with E-state index < -0.39 is 12.2 Å². The Morgan fingerprint density at radius 3 is 2.31 bits per heavy atom. The molecule has 5 heteroatoms. The highest BCUT2D eigenvalue weighted by Gasteiger charge is 2.33. The number of hydrogen-bond acceptors (Lipinski definition) is 5. The van der Waals surface area contributed by atoms with Crippen molar-refractivity contribution < 1.29 is 24.1 Å². The van der Waals surface area contributed by atoms with Crippen LogP contribution in [0.15, 0.2) is 66.9 Å². The molecular weight excluding hydrogens is 332 g/mol. The average Bonchev–Trinajstić information content (AvgIpc) is 2.72. The summed E-state index contributed by atoms with van der Waals surface area (Å²) in [6.45, 7) is 0.729. The smallest absolute Gasteiger partial charge is 0.150 e. The standard InChI is InChI=1S/C21H24O5/c1-23-18-9-7-17(8-10-18)15-26-21-19(11-12-24-20(21)13-22)25-14-16-5-3-2-4-6-16/h2-12,19-22H,13-15H2,1H3. The molecule has 1 aliphatic heterocycles. The second-order valence-corrected chi connectivity index (χ2v) is 6.07. The highest BCUT2D eigenvalue weighted by Crippen LogP contribution is 2.22. The summed E-state index contributed by atoms with van der Waals surface area (Å²) in [5.74, 6) is 0.801. The number of methoxy groups -OCH3 is 1. The van der Waals surface area contributed by atoms with Gasteiger partial charge in [-0.15, -0.1) is 0 Å². The van der Waals surface area contributed by atoms with Crippen LogP contribution in [0.4, 0.5) is 0 Å². The molecule has 0 fully saturated rings. The molecule has 0 spiro atoms. The van der Waals surface area contributed by atoms with E-state index in [-0.39, 0.29) is 12.7 Å². The maximum Gasteiger partial charge on any atom is 0.150 e. The lowest BCUT2D eigenvalue weighted by Crippen LogP contribution is -2.45.